The summed E-state index contributed by atoms with van der Waals surface area (Å²) in [7, 11) is 0. The molecule has 110 valence electrons. The standard InChI is InChI=1S/C15H27NO3/c1-11(2)8-12-4-3-5-13(9-12)16-6-7-19-14(10-16)15(17)18/h11-14H,3-10H2,1-2H3,(H,17,18). The molecule has 1 aliphatic carbocycles. The SMILES string of the molecule is CC(C)CC1CCCC(N2CCOC(C(=O)O)C2)C1. The average Bonchev–Trinajstić information content (AvgIpc) is 2.38. The van der Waals surface area contributed by atoms with Gasteiger partial charge in [-0.1, -0.05) is 26.7 Å². The van der Waals surface area contributed by atoms with E-state index in [4.69, 9.17) is 9.84 Å². The molecule has 1 N–H and O–H groups in total. The third-order valence-electron chi connectivity index (χ3n) is 4.45. The van der Waals surface area contributed by atoms with Gasteiger partial charge in [0, 0.05) is 19.1 Å². The van der Waals surface area contributed by atoms with Crippen molar-refractivity contribution in [2.24, 2.45) is 11.8 Å². The maximum absolute atomic E-state index is 11.0. The highest BCUT2D eigenvalue weighted by Crippen LogP contribution is 2.32. The van der Waals surface area contributed by atoms with Gasteiger partial charge in [-0.3, -0.25) is 4.90 Å². The van der Waals surface area contributed by atoms with Gasteiger partial charge in [0.05, 0.1) is 6.61 Å². The van der Waals surface area contributed by atoms with E-state index in [0.29, 0.717) is 19.2 Å². The Labute approximate surface area is 116 Å². The molecular weight excluding hydrogens is 242 g/mol. The largest absolute Gasteiger partial charge is 0.479 e. The predicted molar refractivity (Wildman–Crippen MR) is 74.1 cm³/mol. The van der Waals surface area contributed by atoms with Crippen molar-refractivity contribution in [3.63, 3.8) is 0 Å². The van der Waals surface area contributed by atoms with Gasteiger partial charge in [-0.2, -0.15) is 0 Å². The number of hydrogen-bond acceptors (Lipinski definition) is 3. The van der Waals surface area contributed by atoms with Gasteiger partial charge >= 0.3 is 5.97 Å². The second-order valence-electron chi connectivity index (χ2n) is 6.51. The number of carboxylic acid groups (broad SMARTS) is 1. The molecule has 0 bridgehead atoms. The van der Waals surface area contributed by atoms with Crippen LogP contribution in [0.5, 0.6) is 0 Å². The molecule has 3 unspecified atom stereocenters. The van der Waals surface area contributed by atoms with Crippen molar-refractivity contribution < 1.29 is 14.6 Å². The first-order valence-electron chi connectivity index (χ1n) is 7.64. The molecule has 0 aromatic heterocycles. The number of carbonyl (C=O) groups is 1. The number of rotatable bonds is 4. The van der Waals surface area contributed by atoms with Crippen LogP contribution in [0.2, 0.25) is 0 Å². The minimum Gasteiger partial charge on any atom is -0.479 e. The molecule has 1 saturated carbocycles. The molecule has 2 aliphatic rings. The zero-order valence-corrected chi connectivity index (χ0v) is 12.2. The van der Waals surface area contributed by atoms with Crippen LogP contribution < -0.4 is 0 Å². The molecule has 1 heterocycles. The minimum absolute atomic E-state index is 0.558. The van der Waals surface area contributed by atoms with Crippen molar-refractivity contribution in [3.05, 3.63) is 0 Å². The van der Waals surface area contributed by atoms with Gasteiger partial charge in [-0.15, -0.1) is 0 Å². The molecule has 0 spiro atoms. The van der Waals surface area contributed by atoms with E-state index < -0.39 is 12.1 Å². The van der Waals surface area contributed by atoms with Gasteiger partial charge in [0.2, 0.25) is 0 Å². The van der Waals surface area contributed by atoms with Crippen molar-refractivity contribution >= 4 is 5.97 Å². The van der Waals surface area contributed by atoms with Gasteiger partial charge in [-0.25, -0.2) is 4.79 Å². The van der Waals surface area contributed by atoms with Crippen LogP contribution in [0.15, 0.2) is 0 Å². The lowest BCUT2D eigenvalue weighted by molar-refractivity contribution is -0.157. The number of ether oxygens (including phenoxy) is 1. The van der Waals surface area contributed by atoms with Crippen molar-refractivity contribution in [1.82, 2.24) is 4.90 Å². The van der Waals surface area contributed by atoms with Gasteiger partial charge in [-0.05, 0) is 31.1 Å². The lowest BCUT2D eigenvalue weighted by Crippen LogP contribution is -2.51. The van der Waals surface area contributed by atoms with Crippen molar-refractivity contribution in [2.45, 2.75) is 58.1 Å². The molecule has 2 fully saturated rings. The Kier molecular flexibility index (Phi) is 5.22. The zero-order valence-electron chi connectivity index (χ0n) is 12.2. The number of hydrogen-bond donors (Lipinski definition) is 1. The first-order valence-corrected chi connectivity index (χ1v) is 7.64. The van der Waals surface area contributed by atoms with Crippen LogP contribution >= 0.6 is 0 Å². The zero-order chi connectivity index (χ0) is 13.8. The van der Waals surface area contributed by atoms with E-state index >= 15 is 0 Å². The van der Waals surface area contributed by atoms with E-state index in [2.05, 4.69) is 18.7 Å². The highest BCUT2D eigenvalue weighted by molar-refractivity contribution is 5.72. The Morgan fingerprint density at radius 1 is 1.42 bits per heavy atom. The molecule has 0 aromatic rings. The molecule has 4 heteroatoms. The Balaban J connectivity index is 1.88. The fraction of sp³-hybridized carbons (Fsp3) is 0.933. The normalized spacial score (nSPS) is 33.5. The fourth-order valence-corrected chi connectivity index (χ4v) is 3.63. The van der Waals surface area contributed by atoms with E-state index in [1.54, 1.807) is 0 Å². The second-order valence-corrected chi connectivity index (χ2v) is 6.51. The lowest BCUT2D eigenvalue weighted by atomic mass is 9.80. The molecule has 1 aliphatic heterocycles. The molecular formula is C15H27NO3. The van der Waals surface area contributed by atoms with Crippen LogP contribution in [0, 0.1) is 11.8 Å². The predicted octanol–water partition coefficient (Wildman–Crippen LogP) is 2.38. The molecule has 2 rings (SSSR count). The maximum atomic E-state index is 11.0. The Morgan fingerprint density at radius 3 is 2.89 bits per heavy atom. The average molecular weight is 269 g/mol. The second kappa shape index (κ2) is 6.71. The first-order chi connectivity index (χ1) is 9.06. The molecule has 19 heavy (non-hydrogen) atoms. The molecule has 0 radical (unpaired) electrons. The fourth-order valence-electron chi connectivity index (χ4n) is 3.63. The number of aliphatic carboxylic acids is 1. The summed E-state index contributed by atoms with van der Waals surface area (Å²) >= 11 is 0. The van der Waals surface area contributed by atoms with Crippen LogP contribution in [-0.2, 0) is 9.53 Å². The number of morpholine rings is 1. The van der Waals surface area contributed by atoms with Crippen LogP contribution in [0.4, 0.5) is 0 Å². The van der Waals surface area contributed by atoms with Crippen molar-refractivity contribution in [3.8, 4) is 0 Å². The lowest BCUT2D eigenvalue weighted by Gasteiger charge is -2.41. The molecule has 3 atom stereocenters. The van der Waals surface area contributed by atoms with Gasteiger partial charge < -0.3 is 9.84 Å². The highest BCUT2D eigenvalue weighted by atomic mass is 16.5. The van der Waals surface area contributed by atoms with Gasteiger partial charge in [0.15, 0.2) is 6.10 Å². The van der Waals surface area contributed by atoms with E-state index in [-0.39, 0.29) is 0 Å². The number of nitrogens with zero attached hydrogens (tertiary/aromatic N) is 1. The summed E-state index contributed by atoms with van der Waals surface area (Å²) in [5.74, 6) is 0.768. The van der Waals surface area contributed by atoms with Crippen LogP contribution in [0.25, 0.3) is 0 Å². The van der Waals surface area contributed by atoms with Crippen LogP contribution in [0.3, 0.4) is 0 Å². The summed E-state index contributed by atoms with van der Waals surface area (Å²) in [6.45, 7) is 6.59. The third kappa shape index (κ3) is 4.18. The molecule has 1 saturated heterocycles. The molecule has 4 nitrogen and oxygen atoms in total. The summed E-state index contributed by atoms with van der Waals surface area (Å²) in [5.41, 5.74) is 0. The van der Waals surface area contributed by atoms with Gasteiger partial charge in [0.25, 0.3) is 0 Å². The Hall–Kier alpha value is -0.610. The molecule has 0 aromatic carbocycles. The summed E-state index contributed by atoms with van der Waals surface area (Å²) in [4.78, 5) is 13.4. The summed E-state index contributed by atoms with van der Waals surface area (Å²) < 4.78 is 5.31. The van der Waals surface area contributed by atoms with Crippen molar-refractivity contribution in [2.75, 3.05) is 19.7 Å². The topological polar surface area (TPSA) is 49.8 Å². The van der Waals surface area contributed by atoms with E-state index in [1.165, 1.54) is 32.1 Å². The van der Waals surface area contributed by atoms with Crippen LogP contribution in [0.1, 0.15) is 46.0 Å². The smallest absolute Gasteiger partial charge is 0.334 e. The summed E-state index contributed by atoms with van der Waals surface area (Å²) in [5, 5.41) is 9.07. The quantitative estimate of drug-likeness (QED) is 0.851. The molecule has 0 amide bonds. The van der Waals surface area contributed by atoms with Crippen LogP contribution in [-0.4, -0.2) is 47.8 Å². The Morgan fingerprint density at radius 2 is 2.21 bits per heavy atom. The first kappa shape index (κ1) is 14.8. The summed E-state index contributed by atoms with van der Waals surface area (Å²) in [6.07, 6.45) is 5.78. The Bertz CT molecular complexity index is 306. The minimum atomic E-state index is -0.820. The van der Waals surface area contributed by atoms with E-state index in [1.807, 2.05) is 0 Å². The monoisotopic (exact) mass is 269 g/mol. The van der Waals surface area contributed by atoms with E-state index in [0.717, 1.165) is 18.4 Å². The number of carboxylic acids is 1. The van der Waals surface area contributed by atoms with Gasteiger partial charge in [0.1, 0.15) is 0 Å². The third-order valence-corrected chi connectivity index (χ3v) is 4.45. The highest BCUT2D eigenvalue weighted by Gasteiger charge is 2.33. The van der Waals surface area contributed by atoms with E-state index in [9.17, 15) is 4.79 Å². The maximum Gasteiger partial charge on any atom is 0.334 e. The summed E-state index contributed by atoms with van der Waals surface area (Å²) in [6, 6.07) is 0.572. The van der Waals surface area contributed by atoms with Crippen molar-refractivity contribution in [1.29, 1.82) is 0 Å².